The Morgan fingerprint density at radius 3 is 2.50 bits per heavy atom. The van der Waals surface area contributed by atoms with Crippen LogP contribution in [0.2, 0.25) is 5.02 Å². The Labute approximate surface area is 115 Å². The number of hydrogen-bond donors (Lipinski definition) is 4. The largest absolute Gasteiger partial charge is 0.506 e. The number of rotatable bonds is 3. The highest BCUT2D eigenvalue weighted by Gasteiger charge is 2.32. The number of phenols is 1. The number of nitrogens with one attached hydrogen (secondary N) is 2. The maximum Gasteiger partial charge on any atom is 0.416 e. The summed E-state index contributed by atoms with van der Waals surface area (Å²) in [7, 11) is 0. The van der Waals surface area contributed by atoms with Gasteiger partial charge in [0.05, 0.1) is 10.6 Å². The summed E-state index contributed by atoms with van der Waals surface area (Å²) in [5.74, 6) is -1.46. The molecule has 0 aliphatic rings. The molecule has 0 aliphatic heterocycles. The van der Waals surface area contributed by atoms with Crippen LogP contribution < -0.4 is 11.2 Å². The van der Waals surface area contributed by atoms with Crippen LogP contribution in [0.15, 0.2) is 17.2 Å². The third kappa shape index (κ3) is 3.52. The molecule has 1 rings (SSSR count). The molecular weight excluding hydrogens is 299 g/mol. The first-order valence-electron chi connectivity index (χ1n) is 4.84. The van der Waals surface area contributed by atoms with Crippen molar-refractivity contribution >= 4 is 28.8 Å². The van der Waals surface area contributed by atoms with Gasteiger partial charge in [-0.1, -0.05) is 11.6 Å². The van der Waals surface area contributed by atoms with Crippen LogP contribution in [0.4, 0.5) is 18.9 Å². The average molecular weight is 306 g/mol. The van der Waals surface area contributed by atoms with Gasteiger partial charge in [0.15, 0.2) is 5.84 Å². The number of anilines is 1. The van der Waals surface area contributed by atoms with Crippen LogP contribution in [0.5, 0.6) is 5.75 Å². The first-order chi connectivity index (χ1) is 9.16. The van der Waals surface area contributed by atoms with Crippen LogP contribution in [0.3, 0.4) is 0 Å². The highest BCUT2D eigenvalue weighted by atomic mass is 35.5. The SMILES string of the molecule is N#C/C(=N\Nc1c(O)cc(C(F)(F)F)cc1Cl)C(=N)N. The molecule has 5 N–H and O–H groups in total. The maximum atomic E-state index is 12.4. The van der Waals surface area contributed by atoms with Crippen LogP contribution in [-0.2, 0) is 6.18 Å². The molecule has 6 nitrogen and oxygen atoms in total. The molecule has 0 bridgehead atoms. The predicted molar refractivity (Wildman–Crippen MR) is 66.7 cm³/mol. The van der Waals surface area contributed by atoms with Gasteiger partial charge in [0.25, 0.3) is 0 Å². The number of phenolic OH excluding ortho intramolecular Hbond substituents is 1. The van der Waals surface area contributed by atoms with Crippen LogP contribution in [-0.4, -0.2) is 16.7 Å². The van der Waals surface area contributed by atoms with Crippen molar-refractivity contribution in [3.63, 3.8) is 0 Å². The van der Waals surface area contributed by atoms with Gasteiger partial charge in [-0.3, -0.25) is 10.8 Å². The molecule has 0 aliphatic carbocycles. The van der Waals surface area contributed by atoms with Crippen molar-refractivity contribution in [1.29, 1.82) is 10.7 Å². The minimum absolute atomic E-state index is 0.339. The fraction of sp³-hybridized carbons (Fsp3) is 0.100. The topological polar surface area (TPSA) is 118 Å². The molecule has 106 valence electrons. The van der Waals surface area contributed by atoms with E-state index in [0.29, 0.717) is 12.1 Å². The zero-order valence-electron chi connectivity index (χ0n) is 9.59. The Balaban J connectivity index is 3.17. The van der Waals surface area contributed by atoms with Gasteiger partial charge < -0.3 is 10.8 Å². The van der Waals surface area contributed by atoms with Gasteiger partial charge in [-0.2, -0.15) is 23.5 Å². The van der Waals surface area contributed by atoms with Crippen LogP contribution in [0.1, 0.15) is 5.56 Å². The molecule has 0 saturated carbocycles. The molecule has 0 aromatic heterocycles. The van der Waals surface area contributed by atoms with Gasteiger partial charge in [0, 0.05) is 0 Å². The number of nitriles is 1. The van der Waals surface area contributed by atoms with E-state index in [1.807, 2.05) is 0 Å². The molecule has 0 amide bonds. The Morgan fingerprint density at radius 2 is 2.10 bits per heavy atom. The van der Waals surface area contributed by atoms with E-state index in [2.05, 4.69) is 10.5 Å². The van der Waals surface area contributed by atoms with Crippen molar-refractivity contribution in [2.45, 2.75) is 6.18 Å². The van der Waals surface area contributed by atoms with Crippen molar-refractivity contribution < 1.29 is 18.3 Å². The fourth-order valence-electron chi connectivity index (χ4n) is 1.12. The summed E-state index contributed by atoms with van der Waals surface area (Å²) in [6, 6.07) is 2.51. The summed E-state index contributed by atoms with van der Waals surface area (Å²) < 4.78 is 37.3. The normalized spacial score (nSPS) is 11.8. The summed E-state index contributed by atoms with van der Waals surface area (Å²) in [6.07, 6.45) is -4.67. The number of halogens is 4. The second-order valence-corrected chi connectivity index (χ2v) is 3.85. The maximum absolute atomic E-state index is 12.4. The number of nitrogens with two attached hydrogens (primary N) is 1. The van der Waals surface area contributed by atoms with Gasteiger partial charge in [0.1, 0.15) is 17.5 Å². The van der Waals surface area contributed by atoms with Crippen molar-refractivity contribution in [2.75, 3.05) is 5.43 Å². The van der Waals surface area contributed by atoms with E-state index in [1.54, 1.807) is 0 Å². The summed E-state index contributed by atoms with van der Waals surface area (Å²) >= 11 is 5.59. The second-order valence-electron chi connectivity index (χ2n) is 3.45. The molecule has 0 saturated heterocycles. The number of nitrogens with zero attached hydrogens (tertiary/aromatic N) is 2. The molecular formula is C10H7ClF3N5O. The first kappa shape index (κ1) is 15.6. The molecule has 10 heteroatoms. The molecule has 0 heterocycles. The molecule has 0 radical (unpaired) electrons. The summed E-state index contributed by atoms with van der Waals surface area (Å²) in [6.45, 7) is 0. The van der Waals surface area contributed by atoms with E-state index in [-0.39, 0.29) is 5.69 Å². The number of alkyl halides is 3. The molecule has 20 heavy (non-hydrogen) atoms. The summed E-state index contributed by atoms with van der Waals surface area (Å²) in [5, 5.41) is 27.9. The molecule has 0 fully saturated rings. The highest BCUT2D eigenvalue weighted by molar-refractivity contribution is 6.46. The number of hydrazone groups is 1. The van der Waals surface area contributed by atoms with E-state index >= 15 is 0 Å². The minimum atomic E-state index is -4.67. The van der Waals surface area contributed by atoms with E-state index in [1.165, 1.54) is 6.07 Å². The van der Waals surface area contributed by atoms with E-state index in [0.717, 1.165) is 0 Å². The van der Waals surface area contributed by atoms with E-state index in [9.17, 15) is 18.3 Å². The lowest BCUT2D eigenvalue weighted by Crippen LogP contribution is -2.21. The van der Waals surface area contributed by atoms with Crippen molar-refractivity contribution in [2.24, 2.45) is 10.8 Å². The monoisotopic (exact) mass is 305 g/mol. The molecule has 0 spiro atoms. The quantitative estimate of drug-likeness (QED) is 0.296. The first-order valence-corrected chi connectivity index (χ1v) is 5.22. The average Bonchev–Trinajstić information content (AvgIpc) is 2.30. The minimum Gasteiger partial charge on any atom is -0.506 e. The van der Waals surface area contributed by atoms with Crippen molar-refractivity contribution in [1.82, 2.24) is 0 Å². The van der Waals surface area contributed by atoms with Gasteiger partial charge in [-0.25, -0.2) is 0 Å². The van der Waals surface area contributed by atoms with Gasteiger partial charge in [-0.05, 0) is 12.1 Å². The third-order valence-electron chi connectivity index (χ3n) is 2.04. The van der Waals surface area contributed by atoms with Crippen molar-refractivity contribution in [3.8, 4) is 11.8 Å². The Bertz CT molecular complexity index is 597. The molecule has 0 atom stereocenters. The third-order valence-corrected chi connectivity index (χ3v) is 2.34. The van der Waals surface area contributed by atoms with Crippen LogP contribution in [0, 0.1) is 16.7 Å². The second kappa shape index (κ2) is 5.66. The Kier molecular flexibility index (Phi) is 4.41. The fourth-order valence-corrected chi connectivity index (χ4v) is 1.38. The zero-order valence-corrected chi connectivity index (χ0v) is 10.3. The van der Waals surface area contributed by atoms with Crippen LogP contribution in [0.25, 0.3) is 0 Å². The summed E-state index contributed by atoms with van der Waals surface area (Å²) in [5.41, 5.74) is 5.11. The lowest BCUT2D eigenvalue weighted by molar-refractivity contribution is -0.137. The Morgan fingerprint density at radius 1 is 1.50 bits per heavy atom. The Hall–Kier alpha value is -2.47. The van der Waals surface area contributed by atoms with Crippen molar-refractivity contribution in [3.05, 3.63) is 22.7 Å². The predicted octanol–water partition coefficient (Wildman–Crippen LogP) is 2.29. The number of benzene rings is 1. The lowest BCUT2D eigenvalue weighted by Gasteiger charge is -2.11. The highest BCUT2D eigenvalue weighted by Crippen LogP contribution is 2.39. The lowest BCUT2D eigenvalue weighted by atomic mass is 10.2. The van der Waals surface area contributed by atoms with Gasteiger partial charge in [-0.15, -0.1) is 0 Å². The van der Waals surface area contributed by atoms with Crippen LogP contribution >= 0.6 is 11.6 Å². The zero-order chi connectivity index (χ0) is 15.5. The van der Waals surface area contributed by atoms with Gasteiger partial charge >= 0.3 is 6.18 Å². The molecule has 1 aromatic rings. The smallest absolute Gasteiger partial charge is 0.416 e. The number of amidine groups is 1. The van der Waals surface area contributed by atoms with E-state index < -0.39 is 34.1 Å². The number of aromatic hydroxyl groups is 1. The molecule has 1 aromatic carbocycles. The van der Waals surface area contributed by atoms with Gasteiger partial charge in [0.2, 0.25) is 5.71 Å². The van der Waals surface area contributed by atoms with E-state index in [4.69, 9.17) is 28.0 Å². The summed E-state index contributed by atoms with van der Waals surface area (Å²) in [4.78, 5) is 0. The number of hydrogen-bond acceptors (Lipinski definition) is 5. The standard InChI is InChI=1S/C10H7ClF3N5O/c11-5-1-4(10(12,13)14)2-7(20)8(5)19-18-6(3-15)9(16)17/h1-2,19-20H,(H3,16,17)/b18-6+. The molecule has 0 unspecified atom stereocenters.